The first-order chi connectivity index (χ1) is 11.5. The third-order valence-electron chi connectivity index (χ3n) is 5.68. The lowest BCUT2D eigenvalue weighted by molar-refractivity contribution is 0.149. The van der Waals surface area contributed by atoms with Crippen molar-refractivity contribution in [2.45, 2.75) is 45.2 Å². The normalized spacial score (nSPS) is 22.6. The highest BCUT2D eigenvalue weighted by Gasteiger charge is 2.39. The number of hydrogen-bond donors (Lipinski definition) is 2. The minimum atomic E-state index is -0.544. The summed E-state index contributed by atoms with van der Waals surface area (Å²) < 4.78 is 13.8. The zero-order valence-corrected chi connectivity index (χ0v) is 14.0. The van der Waals surface area contributed by atoms with Gasteiger partial charge in [-0.25, -0.2) is 4.39 Å². The zero-order chi connectivity index (χ0) is 17.0. The van der Waals surface area contributed by atoms with E-state index in [9.17, 15) is 14.6 Å². The molecule has 0 bridgehead atoms. The van der Waals surface area contributed by atoms with Crippen molar-refractivity contribution < 1.29 is 14.6 Å². The quantitative estimate of drug-likeness (QED) is 0.837. The summed E-state index contributed by atoms with van der Waals surface area (Å²) in [6, 6.07) is 7.36. The molecule has 0 radical (unpaired) electrons. The van der Waals surface area contributed by atoms with E-state index in [1.54, 1.807) is 6.07 Å². The molecule has 1 aliphatic heterocycles. The monoisotopic (exact) mass is 327 g/mol. The van der Waals surface area contributed by atoms with Crippen LogP contribution in [0.1, 0.15) is 47.1 Å². The molecule has 2 aromatic rings. The van der Waals surface area contributed by atoms with Crippen molar-refractivity contribution in [3.05, 3.63) is 57.9 Å². The van der Waals surface area contributed by atoms with Crippen molar-refractivity contribution >= 4 is 0 Å². The summed E-state index contributed by atoms with van der Waals surface area (Å²) in [5.41, 5.74) is 5.19. The third kappa shape index (κ3) is 2.20. The molecule has 0 aromatic heterocycles. The van der Waals surface area contributed by atoms with Gasteiger partial charge in [0, 0.05) is 18.5 Å². The molecular weight excluding hydrogens is 305 g/mol. The van der Waals surface area contributed by atoms with Crippen LogP contribution < -0.4 is 0 Å². The Morgan fingerprint density at radius 1 is 1.08 bits per heavy atom. The van der Waals surface area contributed by atoms with E-state index in [2.05, 4.69) is 17.9 Å². The molecule has 0 spiro atoms. The van der Waals surface area contributed by atoms with Gasteiger partial charge < -0.3 is 10.2 Å². The average molecular weight is 327 g/mol. The number of phenols is 2. The van der Waals surface area contributed by atoms with Gasteiger partial charge in [-0.2, -0.15) is 0 Å². The van der Waals surface area contributed by atoms with Crippen LogP contribution in [-0.2, 0) is 13.0 Å². The molecule has 4 heteroatoms. The number of nitrogens with zero attached hydrogens (tertiary/aromatic N) is 1. The Bertz CT molecular complexity index is 818. The second-order valence-electron chi connectivity index (χ2n) is 6.99. The number of hydrogen-bond acceptors (Lipinski definition) is 3. The summed E-state index contributed by atoms with van der Waals surface area (Å²) in [6.07, 6.45) is 1.81. The lowest BCUT2D eigenvalue weighted by Crippen LogP contribution is -2.45. The Labute approximate surface area is 141 Å². The second kappa shape index (κ2) is 5.49. The molecule has 2 N–H and O–H groups in total. The van der Waals surface area contributed by atoms with Gasteiger partial charge in [0.15, 0.2) is 11.6 Å². The Morgan fingerprint density at radius 2 is 1.83 bits per heavy atom. The van der Waals surface area contributed by atoms with Crippen molar-refractivity contribution in [3.63, 3.8) is 0 Å². The first-order valence-electron chi connectivity index (χ1n) is 8.57. The van der Waals surface area contributed by atoms with Gasteiger partial charge in [-0.15, -0.1) is 0 Å². The van der Waals surface area contributed by atoms with E-state index in [1.807, 2.05) is 13.0 Å². The average Bonchev–Trinajstić information content (AvgIpc) is 2.56. The molecule has 0 fully saturated rings. The molecule has 2 aliphatic rings. The summed E-state index contributed by atoms with van der Waals surface area (Å²) in [6.45, 7) is 5.80. The van der Waals surface area contributed by atoms with Crippen LogP contribution in [0.2, 0.25) is 0 Å². The molecule has 24 heavy (non-hydrogen) atoms. The predicted molar refractivity (Wildman–Crippen MR) is 90.9 cm³/mol. The molecule has 126 valence electrons. The van der Waals surface area contributed by atoms with E-state index in [-0.39, 0.29) is 11.7 Å². The van der Waals surface area contributed by atoms with Crippen LogP contribution in [0, 0.1) is 12.7 Å². The maximum Gasteiger partial charge on any atom is 0.165 e. The third-order valence-corrected chi connectivity index (χ3v) is 5.68. The van der Waals surface area contributed by atoms with Gasteiger partial charge >= 0.3 is 0 Å². The predicted octanol–water partition coefficient (Wildman–Crippen LogP) is 3.83. The van der Waals surface area contributed by atoms with Gasteiger partial charge in [0.1, 0.15) is 5.75 Å². The molecule has 0 saturated heterocycles. The summed E-state index contributed by atoms with van der Waals surface area (Å²) in [5.74, 6) is -0.387. The summed E-state index contributed by atoms with van der Waals surface area (Å²) >= 11 is 0. The lowest BCUT2D eigenvalue weighted by Gasteiger charge is -2.45. The van der Waals surface area contributed by atoms with Crippen molar-refractivity contribution in [1.29, 1.82) is 0 Å². The number of likely N-dealkylation sites (N-methyl/N-ethyl adjacent to an activating group) is 1. The molecule has 0 unspecified atom stereocenters. The molecule has 2 aromatic carbocycles. The zero-order valence-electron chi connectivity index (χ0n) is 14.0. The number of aryl methyl sites for hydroxylation is 2. The molecule has 2 atom stereocenters. The van der Waals surface area contributed by atoms with E-state index < -0.39 is 5.82 Å². The number of halogens is 1. The van der Waals surface area contributed by atoms with Crippen LogP contribution in [0.15, 0.2) is 24.3 Å². The van der Waals surface area contributed by atoms with Crippen LogP contribution in [0.5, 0.6) is 11.5 Å². The Morgan fingerprint density at radius 3 is 2.58 bits per heavy atom. The van der Waals surface area contributed by atoms with Crippen LogP contribution >= 0.6 is 0 Å². The van der Waals surface area contributed by atoms with Gasteiger partial charge in [0.05, 0.1) is 0 Å². The van der Waals surface area contributed by atoms with Gasteiger partial charge in [-0.1, -0.05) is 13.0 Å². The van der Waals surface area contributed by atoms with Gasteiger partial charge in [-0.05, 0) is 72.3 Å². The Balaban J connectivity index is 1.94. The van der Waals surface area contributed by atoms with E-state index in [1.165, 1.54) is 11.6 Å². The van der Waals surface area contributed by atoms with Crippen LogP contribution in [0.25, 0.3) is 0 Å². The Kier molecular flexibility index (Phi) is 3.53. The molecule has 1 aliphatic carbocycles. The van der Waals surface area contributed by atoms with Crippen LogP contribution in [0.4, 0.5) is 4.39 Å². The topological polar surface area (TPSA) is 43.7 Å². The van der Waals surface area contributed by atoms with Crippen LogP contribution in [-0.4, -0.2) is 27.7 Å². The Hall–Kier alpha value is -2.07. The van der Waals surface area contributed by atoms with Gasteiger partial charge in [-0.3, -0.25) is 4.90 Å². The highest BCUT2D eigenvalue weighted by Crippen LogP contribution is 2.46. The van der Waals surface area contributed by atoms with Crippen LogP contribution in [0.3, 0.4) is 0 Å². The molecular formula is C20H22FNO2. The lowest BCUT2D eigenvalue weighted by atomic mass is 9.71. The number of rotatable bonds is 1. The largest absolute Gasteiger partial charge is 0.508 e. The first-order valence-corrected chi connectivity index (χ1v) is 8.57. The van der Waals surface area contributed by atoms with Gasteiger partial charge in [0.2, 0.25) is 0 Å². The standard InChI is InChI=1S/C20H22FNO2/c1-3-22-10-13-8-18(23)11(2)6-14(13)20-15-9-19(24)16(21)7-12(15)4-5-17(20)22/h6-9,17,20,23-24H,3-5,10H2,1-2H3/t17-,20-/m0/s1. The molecule has 4 rings (SSSR count). The number of benzene rings is 2. The molecule has 3 nitrogen and oxygen atoms in total. The highest BCUT2D eigenvalue weighted by atomic mass is 19.1. The fraction of sp³-hybridized carbons (Fsp3) is 0.400. The fourth-order valence-electron chi connectivity index (χ4n) is 4.44. The number of aromatic hydroxyl groups is 2. The minimum absolute atomic E-state index is 0.114. The molecule has 1 heterocycles. The van der Waals surface area contributed by atoms with Crippen molar-refractivity contribution in [3.8, 4) is 11.5 Å². The smallest absolute Gasteiger partial charge is 0.165 e. The van der Waals surface area contributed by atoms with Gasteiger partial charge in [0.25, 0.3) is 0 Å². The van der Waals surface area contributed by atoms with Crippen molar-refractivity contribution in [1.82, 2.24) is 4.90 Å². The minimum Gasteiger partial charge on any atom is -0.508 e. The highest BCUT2D eigenvalue weighted by molar-refractivity contribution is 5.52. The van der Waals surface area contributed by atoms with Crippen molar-refractivity contribution in [2.75, 3.05) is 6.54 Å². The maximum atomic E-state index is 13.8. The number of fused-ring (bicyclic) bond motifs is 5. The number of phenolic OH excluding ortho intramolecular Hbond substituents is 2. The second-order valence-corrected chi connectivity index (χ2v) is 6.99. The summed E-state index contributed by atoms with van der Waals surface area (Å²) in [5, 5.41) is 20.0. The van der Waals surface area contributed by atoms with E-state index in [0.717, 1.165) is 48.2 Å². The maximum absolute atomic E-state index is 13.8. The summed E-state index contributed by atoms with van der Waals surface area (Å²) in [7, 11) is 0. The summed E-state index contributed by atoms with van der Waals surface area (Å²) in [4.78, 5) is 2.42. The van der Waals surface area contributed by atoms with E-state index >= 15 is 0 Å². The molecule has 0 amide bonds. The SMILES string of the molecule is CCN1Cc2cc(O)c(C)cc2[C@H]2c3cc(O)c(F)cc3CC[C@@H]21. The first kappa shape index (κ1) is 15.5. The molecule has 0 saturated carbocycles. The van der Waals surface area contributed by atoms with E-state index in [0.29, 0.717) is 11.8 Å². The van der Waals surface area contributed by atoms with Crippen molar-refractivity contribution in [2.24, 2.45) is 0 Å². The fourth-order valence-corrected chi connectivity index (χ4v) is 4.44. The van der Waals surface area contributed by atoms with E-state index in [4.69, 9.17) is 0 Å².